The minimum atomic E-state index is -0.952. The first-order chi connectivity index (χ1) is 15.0. The van der Waals surface area contributed by atoms with Crippen molar-refractivity contribution in [3.8, 4) is 0 Å². The van der Waals surface area contributed by atoms with E-state index in [4.69, 9.17) is 4.42 Å². The van der Waals surface area contributed by atoms with Crippen LogP contribution in [-0.4, -0.2) is 56.9 Å². The number of urea groups is 1. The second kappa shape index (κ2) is 7.77. The Morgan fingerprint density at radius 3 is 2.61 bits per heavy atom. The van der Waals surface area contributed by atoms with E-state index in [0.29, 0.717) is 30.7 Å². The van der Waals surface area contributed by atoms with E-state index in [1.165, 1.54) is 22.6 Å². The van der Waals surface area contributed by atoms with Crippen LogP contribution in [-0.2, 0) is 14.4 Å². The molecule has 2 aliphatic heterocycles. The summed E-state index contributed by atoms with van der Waals surface area (Å²) in [6.45, 7) is -0.524. The van der Waals surface area contributed by atoms with E-state index in [-0.39, 0.29) is 12.1 Å². The smallest absolute Gasteiger partial charge is 0.334 e. The van der Waals surface area contributed by atoms with Crippen LogP contribution >= 0.6 is 11.3 Å². The van der Waals surface area contributed by atoms with Crippen LogP contribution in [0.3, 0.4) is 0 Å². The van der Waals surface area contributed by atoms with Gasteiger partial charge in [-0.1, -0.05) is 18.9 Å². The van der Waals surface area contributed by atoms with E-state index in [2.05, 4.69) is 5.10 Å². The number of amides is 5. The molecule has 1 atom stereocenters. The summed E-state index contributed by atoms with van der Waals surface area (Å²) in [5.74, 6) is -1.76. The first-order valence-electron chi connectivity index (χ1n) is 10.2. The number of nitrogens with zero attached hydrogens (tertiary/aromatic N) is 4. The van der Waals surface area contributed by atoms with Crippen molar-refractivity contribution < 1.29 is 23.6 Å². The second-order valence-electron chi connectivity index (χ2n) is 7.78. The standard InChI is InChI=1S/C21H20N4O5S/c26-18(12-23-19(27)20(28)24(21(23)29)13-5-1-2-6-13)25-15(17-8-4-10-31-17)11-14(22-25)16-7-3-9-30-16/h3-4,7-10,13,15H,1-2,5-6,11-12H2/t15-/m0/s1. The third-order valence-corrected chi connectivity index (χ3v) is 6.88. The van der Waals surface area contributed by atoms with Crippen LogP contribution in [0.1, 0.15) is 48.8 Å². The Kier molecular flexibility index (Phi) is 4.93. The Hall–Kier alpha value is -3.27. The topological polar surface area (TPSA) is 104 Å². The largest absolute Gasteiger partial charge is 0.463 e. The molecule has 5 rings (SSSR count). The van der Waals surface area contributed by atoms with E-state index in [9.17, 15) is 19.2 Å². The minimum absolute atomic E-state index is 0.265. The summed E-state index contributed by atoms with van der Waals surface area (Å²) < 4.78 is 5.43. The van der Waals surface area contributed by atoms with Crippen LogP contribution in [0.5, 0.6) is 0 Å². The Bertz CT molecular complexity index is 1060. The monoisotopic (exact) mass is 440 g/mol. The van der Waals surface area contributed by atoms with Crippen molar-refractivity contribution in [2.45, 2.75) is 44.2 Å². The highest BCUT2D eigenvalue weighted by Gasteiger charge is 2.49. The number of hydrazone groups is 1. The Labute approximate surface area is 181 Å². The molecule has 0 unspecified atom stereocenters. The quantitative estimate of drug-likeness (QED) is 0.525. The molecule has 0 aromatic carbocycles. The maximum atomic E-state index is 13.2. The number of thiophene rings is 1. The molecule has 2 aromatic heterocycles. The van der Waals surface area contributed by atoms with Gasteiger partial charge in [0.05, 0.1) is 12.3 Å². The number of hydrogen-bond donors (Lipinski definition) is 0. The van der Waals surface area contributed by atoms with Gasteiger partial charge in [-0.2, -0.15) is 5.10 Å². The maximum absolute atomic E-state index is 13.2. The van der Waals surface area contributed by atoms with E-state index < -0.39 is 30.3 Å². The molecule has 0 N–H and O–H groups in total. The van der Waals surface area contributed by atoms with Gasteiger partial charge in [0, 0.05) is 17.3 Å². The lowest BCUT2D eigenvalue weighted by molar-refractivity contribution is -0.145. The van der Waals surface area contributed by atoms with Gasteiger partial charge in [0.25, 0.3) is 5.91 Å². The third-order valence-electron chi connectivity index (χ3n) is 5.91. The lowest BCUT2D eigenvalue weighted by Crippen LogP contribution is -2.43. The van der Waals surface area contributed by atoms with Crippen molar-refractivity contribution in [3.63, 3.8) is 0 Å². The number of carbonyl (C=O) groups excluding carboxylic acids is 4. The van der Waals surface area contributed by atoms with E-state index in [0.717, 1.165) is 27.5 Å². The van der Waals surface area contributed by atoms with Gasteiger partial charge < -0.3 is 4.42 Å². The first-order valence-corrected chi connectivity index (χ1v) is 11.1. The zero-order valence-corrected chi connectivity index (χ0v) is 17.4. The zero-order chi connectivity index (χ0) is 21.5. The molecule has 9 nitrogen and oxygen atoms in total. The number of rotatable bonds is 5. The van der Waals surface area contributed by atoms with Crippen LogP contribution in [0, 0.1) is 0 Å². The van der Waals surface area contributed by atoms with Crippen LogP contribution in [0.2, 0.25) is 0 Å². The minimum Gasteiger partial charge on any atom is -0.463 e. The highest BCUT2D eigenvalue weighted by atomic mass is 32.1. The normalized spacial score (nSPS) is 22.2. The fraction of sp³-hybridized carbons (Fsp3) is 0.381. The molecule has 160 valence electrons. The molecule has 0 spiro atoms. The Morgan fingerprint density at radius 1 is 1.13 bits per heavy atom. The van der Waals surface area contributed by atoms with Gasteiger partial charge in [0.2, 0.25) is 0 Å². The van der Waals surface area contributed by atoms with Crippen molar-refractivity contribution in [3.05, 3.63) is 46.5 Å². The van der Waals surface area contributed by atoms with Crippen LogP contribution < -0.4 is 0 Å². The number of imide groups is 2. The highest BCUT2D eigenvalue weighted by molar-refractivity contribution is 7.10. The Morgan fingerprint density at radius 2 is 1.94 bits per heavy atom. The fourth-order valence-electron chi connectivity index (χ4n) is 4.39. The molecule has 1 aliphatic carbocycles. The summed E-state index contributed by atoms with van der Waals surface area (Å²) >= 11 is 1.49. The van der Waals surface area contributed by atoms with Crippen LogP contribution in [0.25, 0.3) is 0 Å². The number of hydrogen-bond acceptors (Lipinski definition) is 7. The molecule has 0 radical (unpaired) electrons. The molecule has 31 heavy (non-hydrogen) atoms. The number of furan rings is 1. The van der Waals surface area contributed by atoms with Gasteiger partial charge >= 0.3 is 17.8 Å². The van der Waals surface area contributed by atoms with E-state index in [1.54, 1.807) is 12.1 Å². The van der Waals surface area contributed by atoms with Crippen LogP contribution in [0.15, 0.2) is 45.4 Å². The molecule has 2 fully saturated rings. The molecular weight excluding hydrogens is 420 g/mol. The predicted octanol–water partition coefficient (Wildman–Crippen LogP) is 2.75. The first kappa shape index (κ1) is 19.7. The van der Waals surface area contributed by atoms with Crippen LogP contribution in [0.4, 0.5) is 4.79 Å². The van der Waals surface area contributed by atoms with Gasteiger partial charge in [0.15, 0.2) is 0 Å². The molecule has 2 aromatic rings. The summed E-state index contributed by atoms with van der Waals surface area (Å²) in [4.78, 5) is 53.6. The van der Waals surface area contributed by atoms with E-state index >= 15 is 0 Å². The van der Waals surface area contributed by atoms with Gasteiger partial charge in [-0.3, -0.25) is 19.3 Å². The highest BCUT2D eigenvalue weighted by Crippen LogP contribution is 2.35. The summed E-state index contributed by atoms with van der Waals surface area (Å²) in [6, 6.07) is 5.97. The van der Waals surface area contributed by atoms with Gasteiger partial charge in [-0.25, -0.2) is 14.7 Å². The fourth-order valence-corrected chi connectivity index (χ4v) is 5.20. The van der Waals surface area contributed by atoms with Gasteiger partial charge in [-0.05, 0) is 36.4 Å². The third kappa shape index (κ3) is 3.36. The zero-order valence-electron chi connectivity index (χ0n) is 16.6. The lowest BCUT2D eigenvalue weighted by Gasteiger charge is -2.24. The average molecular weight is 440 g/mol. The summed E-state index contributed by atoms with van der Waals surface area (Å²) in [6.07, 6.45) is 5.19. The molecular formula is C21H20N4O5S. The van der Waals surface area contributed by atoms with Gasteiger partial charge in [0.1, 0.15) is 18.0 Å². The Balaban J connectivity index is 1.38. The van der Waals surface area contributed by atoms with Crippen molar-refractivity contribution >= 4 is 40.8 Å². The number of carbonyl (C=O) groups is 4. The molecule has 3 aliphatic rings. The molecule has 1 saturated heterocycles. The molecule has 0 bridgehead atoms. The molecule has 4 heterocycles. The second-order valence-corrected chi connectivity index (χ2v) is 8.76. The molecule has 5 amide bonds. The molecule has 1 saturated carbocycles. The maximum Gasteiger partial charge on any atom is 0.334 e. The lowest BCUT2D eigenvalue weighted by atomic mass is 10.1. The summed E-state index contributed by atoms with van der Waals surface area (Å²) in [5, 5.41) is 7.65. The SMILES string of the molecule is O=C1C(=O)N(C2CCCC2)C(=O)N1CC(=O)N1N=C(c2ccco2)C[C@H]1c1cccs1. The van der Waals surface area contributed by atoms with E-state index in [1.807, 2.05) is 17.5 Å². The molecule has 10 heteroatoms. The van der Waals surface area contributed by atoms with Crippen molar-refractivity contribution in [2.75, 3.05) is 6.54 Å². The summed E-state index contributed by atoms with van der Waals surface area (Å²) in [7, 11) is 0. The predicted molar refractivity (Wildman–Crippen MR) is 110 cm³/mol. The summed E-state index contributed by atoms with van der Waals surface area (Å²) in [5.41, 5.74) is 0.611. The van der Waals surface area contributed by atoms with Crippen molar-refractivity contribution in [1.82, 2.24) is 14.8 Å². The van der Waals surface area contributed by atoms with Gasteiger partial charge in [-0.15, -0.1) is 11.3 Å². The van der Waals surface area contributed by atoms with Crippen molar-refractivity contribution in [2.24, 2.45) is 5.10 Å². The average Bonchev–Trinajstić information content (AvgIpc) is 3.57. The van der Waals surface area contributed by atoms with Crippen molar-refractivity contribution in [1.29, 1.82) is 0 Å².